The predicted molar refractivity (Wildman–Crippen MR) is 134 cm³/mol. The number of hydrogen-bond acceptors (Lipinski definition) is 7. The highest BCUT2D eigenvalue weighted by Gasteiger charge is 2.23. The van der Waals surface area contributed by atoms with Crippen LogP contribution in [-0.2, 0) is 4.79 Å². The number of carbonyl (C=O) groups is 2. The van der Waals surface area contributed by atoms with Gasteiger partial charge in [-0.1, -0.05) is 23.9 Å². The van der Waals surface area contributed by atoms with E-state index in [4.69, 9.17) is 4.74 Å². The van der Waals surface area contributed by atoms with Crippen LogP contribution in [0.5, 0.6) is 5.75 Å². The maximum absolute atomic E-state index is 12.5. The van der Waals surface area contributed by atoms with Crippen molar-refractivity contribution in [3.05, 3.63) is 54.1 Å². The van der Waals surface area contributed by atoms with Crippen LogP contribution in [0.15, 0.2) is 53.7 Å². The van der Waals surface area contributed by atoms with Gasteiger partial charge in [-0.3, -0.25) is 14.2 Å². The summed E-state index contributed by atoms with van der Waals surface area (Å²) >= 11 is 1.49. The van der Waals surface area contributed by atoms with Crippen LogP contribution < -0.4 is 15.0 Å². The van der Waals surface area contributed by atoms with Gasteiger partial charge in [-0.05, 0) is 62.6 Å². The van der Waals surface area contributed by atoms with E-state index in [-0.39, 0.29) is 11.7 Å². The molecule has 0 bridgehead atoms. The molecule has 1 aliphatic heterocycles. The predicted octanol–water partition coefficient (Wildman–Crippen LogP) is 4.59. The van der Waals surface area contributed by atoms with E-state index < -0.39 is 0 Å². The summed E-state index contributed by atoms with van der Waals surface area (Å²) in [6.45, 7) is 3.41. The molecule has 0 spiro atoms. The van der Waals surface area contributed by atoms with Crippen molar-refractivity contribution >= 4 is 35.1 Å². The van der Waals surface area contributed by atoms with Gasteiger partial charge in [-0.15, -0.1) is 10.2 Å². The number of ketones is 1. The highest BCUT2D eigenvalue weighted by atomic mass is 32.2. The van der Waals surface area contributed by atoms with Gasteiger partial charge in [-0.25, -0.2) is 0 Å². The van der Waals surface area contributed by atoms with Crippen molar-refractivity contribution < 1.29 is 14.3 Å². The first-order chi connectivity index (χ1) is 16.6. The van der Waals surface area contributed by atoms with Crippen molar-refractivity contribution in [2.45, 2.75) is 37.8 Å². The summed E-state index contributed by atoms with van der Waals surface area (Å²) in [7, 11) is 1.66. The second-order valence-electron chi connectivity index (χ2n) is 8.12. The second-order valence-corrected chi connectivity index (χ2v) is 9.18. The zero-order valence-electron chi connectivity index (χ0n) is 19.5. The van der Waals surface area contributed by atoms with E-state index in [2.05, 4.69) is 20.4 Å². The normalized spacial score (nSPS) is 13.5. The van der Waals surface area contributed by atoms with E-state index in [9.17, 15) is 9.59 Å². The number of thioether (sulfide) groups is 1. The molecule has 1 fully saturated rings. The maximum Gasteiger partial charge on any atom is 0.232 e. The summed E-state index contributed by atoms with van der Waals surface area (Å²) in [5, 5.41) is 12.6. The quantitative estimate of drug-likeness (QED) is 0.355. The van der Waals surface area contributed by atoms with Crippen LogP contribution in [0.2, 0.25) is 0 Å². The topological polar surface area (TPSA) is 89.3 Å². The minimum atomic E-state index is -0.0947. The number of amides is 1. The number of anilines is 2. The molecule has 0 aliphatic carbocycles. The summed E-state index contributed by atoms with van der Waals surface area (Å²) in [6.07, 6.45) is 3.81. The molecule has 1 N–H and O–H groups in total. The summed E-state index contributed by atoms with van der Waals surface area (Å²) < 4.78 is 7.64. The van der Waals surface area contributed by atoms with Crippen LogP contribution in [0.25, 0.3) is 5.69 Å². The Kier molecular flexibility index (Phi) is 7.84. The van der Waals surface area contributed by atoms with Crippen molar-refractivity contribution in [2.24, 2.45) is 0 Å². The SMILES string of the molecule is COc1ccccc1-n1c(SCCC(=O)Nc2ccc(C(C)=O)cc2)nnc1N1CCCCC1. The molecule has 0 unspecified atom stereocenters. The molecule has 34 heavy (non-hydrogen) atoms. The summed E-state index contributed by atoms with van der Waals surface area (Å²) in [5.41, 5.74) is 2.17. The number of nitrogens with zero attached hydrogens (tertiary/aromatic N) is 4. The monoisotopic (exact) mass is 479 g/mol. The Balaban J connectivity index is 1.46. The molecule has 1 amide bonds. The fraction of sp³-hybridized carbons (Fsp3) is 0.360. The maximum atomic E-state index is 12.5. The van der Waals surface area contributed by atoms with Gasteiger partial charge in [0.1, 0.15) is 5.75 Å². The fourth-order valence-electron chi connectivity index (χ4n) is 3.93. The standard InChI is InChI=1S/C25H29N5O3S/c1-18(31)19-10-12-20(13-11-19)26-23(32)14-17-34-25-28-27-24(29-15-6-3-7-16-29)30(25)21-8-4-5-9-22(21)33-2/h4-5,8-13H,3,6-7,14-17H2,1-2H3,(H,26,32). The van der Waals surface area contributed by atoms with Crippen molar-refractivity contribution in [2.75, 3.05) is 36.2 Å². The molecule has 2 heterocycles. The Bertz CT molecular complexity index is 1140. The molecule has 0 atom stereocenters. The number of rotatable bonds is 9. The van der Waals surface area contributed by atoms with Crippen molar-refractivity contribution in [1.82, 2.24) is 14.8 Å². The number of piperidine rings is 1. The number of aromatic nitrogens is 3. The van der Waals surface area contributed by atoms with Crippen molar-refractivity contribution in [3.63, 3.8) is 0 Å². The van der Waals surface area contributed by atoms with Crippen LogP contribution in [0.4, 0.5) is 11.6 Å². The lowest BCUT2D eigenvalue weighted by atomic mass is 10.1. The van der Waals surface area contributed by atoms with Crippen molar-refractivity contribution in [1.29, 1.82) is 0 Å². The van der Waals surface area contributed by atoms with Gasteiger partial charge in [0.25, 0.3) is 0 Å². The average molecular weight is 480 g/mol. The Morgan fingerprint density at radius 3 is 2.47 bits per heavy atom. The molecule has 3 aromatic rings. The molecule has 0 saturated carbocycles. The van der Waals surface area contributed by atoms with E-state index in [1.165, 1.54) is 25.1 Å². The molecule has 0 radical (unpaired) electrons. The summed E-state index contributed by atoms with van der Waals surface area (Å²) in [5.74, 6) is 2.00. The molecule has 1 saturated heterocycles. The third kappa shape index (κ3) is 5.59. The number of methoxy groups -OCH3 is 1. The van der Waals surface area contributed by atoms with E-state index in [0.29, 0.717) is 23.4 Å². The number of benzene rings is 2. The highest BCUT2D eigenvalue weighted by Crippen LogP contribution is 2.33. The van der Waals surface area contributed by atoms with Gasteiger partial charge in [0.15, 0.2) is 10.9 Å². The first-order valence-corrected chi connectivity index (χ1v) is 12.4. The largest absolute Gasteiger partial charge is 0.495 e. The fourth-order valence-corrected chi connectivity index (χ4v) is 4.80. The minimum absolute atomic E-state index is 0.00245. The molecular formula is C25H29N5O3S. The molecule has 4 rings (SSSR count). The zero-order chi connectivity index (χ0) is 23.9. The average Bonchev–Trinajstić information content (AvgIpc) is 3.28. The van der Waals surface area contributed by atoms with E-state index in [1.807, 2.05) is 28.8 Å². The molecule has 9 heteroatoms. The van der Waals surface area contributed by atoms with Crippen LogP contribution in [-0.4, -0.2) is 52.4 Å². The number of Topliss-reactive ketones (excluding diaryl/α,β-unsaturated/α-hetero) is 1. The number of carbonyl (C=O) groups excluding carboxylic acids is 2. The Morgan fingerprint density at radius 1 is 1.03 bits per heavy atom. The van der Waals surface area contributed by atoms with Crippen LogP contribution in [0, 0.1) is 0 Å². The van der Waals surface area contributed by atoms with Crippen LogP contribution in [0.3, 0.4) is 0 Å². The summed E-state index contributed by atoms with van der Waals surface area (Å²) in [6, 6.07) is 14.7. The molecule has 2 aromatic carbocycles. The minimum Gasteiger partial charge on any atom is -0.495 e. The Morgan fingerprint density at radius 2 is 1.76 bits per heavy atom. The van der Waals surface area contributed by atoms with Gasteiger partial charge in [-0.2, -0.15) is 0 Å². The van der Waals surface area contributed by atoms with E-state index in [0.717, 1.165) is 48.5 Å². The third-order valence-corrected chi connectivity index (χ3v) is 6.65. The smallest absolute Gasteiger partial charge is 0.232 e. The van der Waals surface area contributed by atoms with E-state index >= 15 is 0 Å². The number of ether oxygens (including phenoxy) is 1. The third-order valence-electron chi connectivity index (χ3n) is 5.72. The first kappa shape index (κ1) is 23.8. The molecule has 1 aliphatic rings. The lowest BCUT2D eigenvalue weighted by molar-refractivity contribution is -0.115. The number of hydrogen-bond donors (Lipinski definition) is 1. The zero-order valence-corrected chi connectivity index (χ0v) is 20.3. The van der Waals surface area contributed by atoms with Gasteiger partial charge < -0.3 is 15.0 Å². The molecule has 1 aromatic heterocycles. The van der Waals surface area contributed by atoms with Gasteiger partial charge in [0, 0.05) is 36.5 Å². The lowest BCUT2D eigenvalue weighted by Gasteiger charge is -2.28. The van der Waals surface area contributed by atoms with Gasteiger partial charge in [0.05, 0.1) is 12.8 Å². The number of para-hydroxylation sites is 2. The van der Waals surface area contributed by atoms with Gasteiger partial charge >= 0.3 is 0 Å². The van der Waals surface area contributed by atoms with Crippen molar-refractivity contribution in [3.8, 4) is 11.4 Å². The van der Waals surface area contributed by atoms with E-state index in [1.54, 1.807) is 31.4 Å². The van der Waals surface area contributed by atoms with Crippen LogP contribution >= 0.6 is 11.8 Å². The molecule has 8 nitrogen and oxygen atoms in total. The van der Waals surface area contributed by atoms with Crippen LogP contribution in [0.1, 0.15) is 43.0 Å². The molecular weight excluding hydrogens is 450 g/mol. The first-order valence-electron chi connectivity index (χ1n) is 11.4. The Labute approximate surface area is 203 Å². The lowest BCUT2D eigenvalue weighted by Crippen LogP contribution is -2.31. The molecule has 178 valence electrons. The Hall–Kier alpha value is -3.33. The van der Waals surface area contributed by atoms with Gasteiger partial charge in [0.2, 0.25) is 11.9 Å². The highest BCUT2D eigenvalue weighted by molar-refractivity contribution is 7.99. The summed E-state index contributed by atoms with van der Waals surface area (Å²) in [4.78, 5) is 26.1. The number of nitrogens with one attached hydrogen (secondary N) is 1. The second kappa shape index (κ2) is 11.2.